The zero-order chi connectivity index (χ0) is 25.1. The number of rotatable bonds is 6. The molecule has 0 bridgehead atoms. The third-order valence-corrected chi connectivity index (χ3v) is 7.01. The molecule has 5 rings (SSSR count). The van der Waals surface area contributed by atoms with Crippen molar-refractivity contribution in [3.63, 3.8) is 0 Å². The van der Waals surface area contributed by atoms with E-state index in [4.69, 9.17) is 9.47 Å². The first-order valence-electron chi connectivity index (χ1n) is 12.1. The van der Waals surface area contributed by atoms with Crippen molar-refractivity contribution < 1.29 is 19.1 Å². The fourth-order valence-corrected chi connectivity index (χ4v) is 5.12. The number of carbonyl (C=O) groups excluding carboxylic acids is 2. The number of pyridine rings is 1. The van der Waals surface area contributed by atoms with E-state index in [-0.39, 0.29) is 18.2 Å². The molecule has 8 nitrogen and oxygen atoms in total. The van der Waals surface area contributed by atoms with Crippen molar-refractivity contribution in [3.8, 4) is 11.5 Å². The highest BCUT2D eigenvalue weighted by molar-refractivity contribution is 6.01. The molecule has 2 aliphatic rings. The van der Waals surface area contributed by atoms with Crippen molar-refractivity contribution in [1.82, 2.24) is 9.88 Å². The Morgan fingerprint density at radius 1 is 0.861 bits per heavy atom. The van der Waals surface area contributed by atoms with Gasteiger partial charge >= 0.3 is 0 Å². The third-order valence-electron chi connectivity index (χ3n) is 7.01. The average molecular weight is 487 g/mol. The largest absolute Gasteiger partial charge is 0.497 e. The fraction of sp³-hybridized carbons (Fsp3) is 0.321. The smallest absolute Gasteiger partial charge is 0.228 e. The Morgan fingerprint density at radius 2 is 1.50 bits per heavy atom. The van der Waals surface area contributed by atoms with E-state index in [1.165, 1.54) is 0 Å². The summed E-state index contributed by atoms with van der Waals surface area (Å²) in [6, 6.07) is 20.5. The third kappa shape index (κ3) is 4.58. The van der Waals surface area contributed by atoms with Gasteiger partial charge in [-0.1, -0.05) is 18.2 Å². The predicted octanol–water partition coefficient (Wildman–Crippen LogP) is 3.54. The van der Waals surface area contributed by atoms with Gasteiger partial charge in [-0.25, -0.2) is 4.98 Å². The molecule has 0 N–H and O–H groups in total. The Balaban J connectivity index is 1.40. The highest BCUT2D eigenvalue weighted by Crippen LogP contribution is 2.43. The molecule has 3 heterocycles. The van der Waals surface area contributed by atoms with E-state index in [9.17, 15) is 9.59 Å². The van der Waals surface area contributed by atoms with Gasteiger partial charge in [0.25, 0.3) is 0 Å². The number of hydrogen-bond acceptors (Lipinski definition) is 6. The van der Waals surface area contributed by atoms with Crippen LogP contribution < -0.4 is 19.3 Å². The molecule has 0 unspecified atom stereocenters. The first-order chi connectivity index (χ1) is 17.6. The topological polar surface area (TPSA) is 75.2 Å². The van der Waals surface area contributed by atoms with Crippen molar-refractivity contribution in [2.45, 2.75) is 12.5 Å². The van der Waals surface area contributed by atoms with Crippen molar-refractivity contribution in [2.75, 3.05) is 50.2 Å². The number of carbonyl (C=O) groups is 2. The normalized spacial score (nSPS) is 19.9. The second-order valence-corrected chi connectivity index (χ2v) is 8.99. The van der Waals surface area contributed by atoms with Gasteiger partial charge in [0, 0.05) is 44.5 Å². The lowest BCUT2D eigenvalue weighted by Gasteiger charge is -2.37. The quantitative estimate of drug-likeness (QED) is 0.531. The van der Waals surface area contributed by atoms with Crippen LogP contribution in [-0.2, 0) is 9.59 Å². The monoisotopic (exact) mass is 486 g/mol. The Kier molecular flexibility index (Phi) is 6.75. The summed E-state index contributed by atoms with van der Waals surface area (Å²) in [5, 5.41) is 0. The first kappa shape index (κ1) is 23.7. The molecule has 36 heavy (non-hydrogen) atoms. The van der Waals surface area contributed by atoms with Gasteiger partial charge in [0.05, 0.1) is 26.2 Å². The number of ether oxygens (including phenoxy) is 2. The minimum absolute atomic E-state index is 0.0147. The van der Waals surface area contributed by atoms with Gasteiger partial charge < -0.3 is 24.2 Å². The minimum atomic E-state index is -0.477. The van der Waals surface area contributed by atoms with E-state index < -0.39 is 12.0 Å². The lowest BCUT2D eigenvalue weighted by Crippen LogP contribution is -2.51. The second kappa shape index (κ2) is 10.3. The first-order valence-corrected chi connectivity index (χ1v) is 12.1. The molecule has 0 aliphatic carbocycles. The summed E-state index contributed by atoms with van der Waals surface area (Å²) >= 11 is 0. The van der Waals surface area contributed by atoms with E-state index in [2.05, 4.69) is 9.88 Å². The van der Waals surface area contributed by atoms with Crippen molar-refractivity contribution in [1.29, 1.82) is 0 Å². The number of aromatic nitrogens is 1. The Morgan fingerprint density at radius 3 is 2.08 bits per heavy atom. The Hall–Kier alpha value is -4.07. The van der Waals surface area contributed by atoms with Gasteiger partial charge in [-0.3, -0.25) is 9.59 Å². The molecule has 0 saturated carbocycles. The van der Waals surface area contributed by atoms with Crippen LogP contribution in [0, 0.1) is 5.92 Å². The van der Waals surface area contributed by atoms with Crippen molar-refractivity contribution in [2.24, 2.45) is 5.92 Å². The van der Waals surface area contributed by atoms with Crippen LogP contribution in [-0.4, -0.2) is 62.1 Å². The zero-order valence-corrected chi connectivity index (χ0v) is 20.5. The molecule has 186 valence electrons. The molecule has 0 radical (unpaired) electrons. The average Bonchev–Trinajstić information content (AvgIpc) is 3.30. The molecule has 2 fully saturated rings. The maximum Gasteiger partial charge on any atom is 0.228 e. The van der Waals surface area contributed by atoms with Gasteiger partial charge in [0.1, 0.15) is 17.3 Å². The Bertz CT molecular complexity index is 1190. The van der Waals surface area contributed by atoms with Crippen LogP contribution in [0.5, 0.6) is 11.5 Å². The fourth-order valence-electron chi connectivity index (χ4n) is 5.12. The molecule has 8 heteroatoms. The molecule has 2 amide bonds. The van der Waals surface area contributed by atoms with Crippen molar-refractivity contribution >= 4 is 23.3 Å². The van der Waals surface area contributed by atoms with Gasteiger partial charge in [-0.2, -0.15) is 0 Å². The molecular formula is C28H30N4O4. The summed E-state index contributed by atoms with van der Waals surface area (Å²) in [5.74, 6) is 1.83. The molecule has 2 atom stereocenters. The standard InChI is InChI=1S/C28H30N4O4/c1-35-22-10-6-20(7-11-22)27-24(19-26(33)32(27)21-8-12-23(36-2)13-9-21)28(34)31-17-15-30(16-18-31)25-5-3-4-14-29-25/h3-14,24,27H,15-19H2,1-2H3/t24-,27-/m1/s1. The summed E-state index contributed by atoms with van der Waals surface area (Å²) in [6.45, 7) is 2.60. The summed E-state index contributed by atoms with van der Waals surface area (Å²) in [4.78, 5) is 37.5. The number of hydrogen-bond donors (Lipinski definition) is 0. The SMILES string of the molecule is COc1ccc([C@@H]2[C@H](C(=O)N3CCN(c4ccccn4)CC3)CC(=O)N2c2ccc(OC)cc2)cc1. The summed E-state index contributed by atoms with van der Waals surface area (Å²) in [7, 11) is 3.23. The number of nitrogens with zero attached hydrogens (tertiary/aromatic N) is 4. The molecule has 1 aromatic heterocycles. The van der Waals surface area contributed by atoms with E-state index in [1.807, 2.05) is 71.6 Å². The van der Waals surface area contributed by atoms with Gasteiger partial charge in [-0.05, 0) is 54.1 Å². The van der Waals surface area contributed by atoms with Gasteiger partial charge in [0.2, 0.25) is 11.8 Å². The van der Waals surface area contributed by atoms with Gasteiger partial charge in [-0.15, -0.1) is 0 Å². The number of piperazine rings is 1. The Labute approximate surface area is 211 Å². The maximum absolute atomic E-state index is 13.8. The van der Waals surface area contributed by atoms with Crippen LogP contribution in [0.25, 0.3) is 0 Å². The van der Waals surface area contributed by atoms with E-state index >= 15 is 0 Å². The molecule has 2 saturated heterocycles. The predicted molar refractivity (Wildman–Crippen MR) is 137 cm³/mol. The zero-order valence-electron chi connectivity index (χ0n) is 20.5. The molecule has 0 spiro atoms. The maximum atomic E-state index is 13.8. The number of benzene rings is 2. The van der Waals surface area contributed by atoms with Crippen LogP contribution in [0.3, 0.4) is 0 Å². The number of methoxy groups -OCH3 is 2. The van der Waals surface area contributed by atoms with Crippen LogP contribution in [0.2, 0.25) is 0 Å². The van der Waals surface area contributed by atoms with E-state index in [0.717, 1.165) is 22.8 Å². The summed E-state index contributed by atoms with van der Waals surface area (Å²) in [5.41, 5.74) is 1.65. The lowest BCUT2D eigenvalue weighted by molar-refractivity contribution is -0.136. The lowest BCUT2D eigenvalue weighted by atomic mass is 9.91. The molecule has 3 aromatic rings. The van der Waals surface area contributed by atoms with Crippen molar-refractivity contribution in [3.05, 3.63) is 78.5 Å². The van der Waals surface area contributed by atoms with Gasteiger partial charge in [0.15, 0.2) is 0 Å². The summed E-state index contributed by atoms with van der Waals surface area (Å²) in [6.07, 6.45) is 1.95. The summed E-state index contributed by atoms with van der Waals surface area (Å²) < 4.78 is 10.6. The molecule has 2 aromatic carbocycles. The second-order valence-electron chi connectivity index (χ2n) is 8.99. The highest BCUT2D eigenvalue weighted by Gasteiger charge is 2.46. The number of anilines is 2. The minimum Gasteiger partial charge on any atom is -0.497 e. The molecule has 2 aliphatic heterocycles. The van der Waals surface area contributed by atoms with Crippen LogP contribution >= 0.6 is 0 Å². The van der Waals surface area contributed by atoms with Crippen LogP contribution in [0.4, 0.5) is 11.5 Å². The highest BCUT2D eigenvalue weighted by atomic mass is 16.5. The number of amides is 2. The van der Waals surface area contributed by atoms with Crippen LogP contribution in [0.15, 0.2) is 72.9 Å². The van der Waals surface area contributed by atoms with E-state index in [0.29, 0.717) is 31.9 Å². The molecular weight excluding hydrogens is 456 g/mol. The van der Waals surface area contributed by atoms with Crippen LogP contribution in [0.1, 0.15) is 18.0 Å². The van der Waals surface area contributed by atoms with E-state index in [1.54, 1.807) is 25.3 Å².